The van der Waals surface area contributed by atoms with Gasteiger partial charge in [-0.3, -0.25) is 4.79 Å². The summed E-state index contributed by atoms with van der Waals surface area (Å²) in [7, 11) is 0. The van der Waals surface area contributed by atoms with Crippen LogP contribution < -0.4 is 5.56 Å². The predicted octanol–water partition coefficient (Wildman–Crippen LogP) is 1.47. The molecule has 1 rings (SSSR count). The molecule has 0 saturated heterocycles. The lowest BCUT2D eigenvalue weighted by Crippen LogP contribution is -2.19. The maximum Gasteiger partial charge on any atom is 0.293 e. The van der Waals surface area contributed by atoms with Crippen LogP contribution in [-0.4, -0.2) is 9.67 Å². The fourth-order valence-corrected chi connectivity index (χ4v) is 1.20. The van der Waals surface area contributed by atoms with E-state index in [0.717, 1.165) is 0 Å². The maximum atomic E-state index is 11.5. The molecule has 0 fully saturated rings. The summed E-state index contributed by atoms with van der Waals surface area (Å²) in [6.45, 7) is 7.48. The van der Waals surface area contributed by atoms with E-state index in [4.69, 9.17) is 0 Å². The molecular weight excluding hydrogens is 178 g/mol. The van der Waals surface area contributed by atoms with Gasteiger partial charge < -0.3 is 9.67 Å². The minimum absolute atomic E-state index is 0.200. The molecule has 0 aliphatic carbocycles. The van der Waals surface area contributed by atoms with Crippen LogP contribution in [0.1, 0.15) is 5.56 Å². The maximum absolute atomic E-state index is 11.5. The molecule has 1 N–H and O–H groups in total. The molecule has 0 aliphatic heterocycles. The Morgan fingerprint density at radius 2 is 2.14 bits per heavy atom. The van der Waals surface area contributed by atoms with Crippen LogP contribution in [0.15, 0.2) is 42.4 Å². The second-order valence-electron chi connectivity index (χ2n) is 2.93. The van der Waals surface area contributed by atoms with Crippen LogP contribution in [0.3, 0.4) is 0 Å². The summed E-state index contributed by atoms with van der Waals surface area (Å²) >= 11 is 0. The first-order valence-corrected chi connectivity index (χ1v) is 4.33. The fraction of sp³-hybridized carbons (Fsp3) is 0.182. The van der Waals surface area contributed by atoms with Crippen molar-refractivity contribution in [2.45, 2.75) is 13.0 Å². The minimum Gasteiger partial charge on any atom is -0.503 e. The zero-order valence-electron chi connectivity index (χ0n) is 7.94. The van der Waals surface area contributed by atoms with Crippen LogP contribution in [0.2, 0.25) is 0 Å². The highest BCUT2D eigenvalue weighted by molar-refractivity contribution is 5.30. The SMILES string of the molecule is C=CCc1ccn(CC=C)c(=O)c1O. The van der Waals surface area contributed by atoms with Gasteiger partial charge in [-0.05, 0) is 12.5 Å². The zero-order chi connectivity index (χ0) is 10.6. The van der Waals surface area contributed by atoms with Crippen molar-refractivity contribution in [3.63, 3.8) is 0 Å². The average Bonchev–Trinajstić information content (AvgIpc) is 2.18. The van der Waals surface area contributed by atoms with Gasteiger partial charge in [-0.25, -0.2) is 0 Å². The third-order valence-corrected chi connectivity index (χ3v) is 1.91. The zero-order valence-corrected chi connectivity index (χ0v) is 7.94. The van der Waals surface area contributed by atoms with Crippen molar-refractivity contribution in [2.75, 3.05) is 0 Å². The Bertz CT molecular complexity index is 404. The van der Waals surface area contributed by atoms with E-state index in [1.807, 2.05) is 0 Å². The Labute approximate surface area is 82.6 Å². The minimum atomic E-state index is -0.385. The summed E-state index contributed by atoms with van der Waals surface area (Å²) in [4.78, 5) is 11.5. The summed E-state index contributed by atoms with van der Waals surface area (Å²) in [5.74, 6) is -0.200. The molecule has 1 aromatic heterocycles. The Morgan fingerprint density at radius 1 is 1.43 bits per heavy atom. The van der Waals surface area contributed by atoms with Crippen molar-refractivity contribution in [2.24, 2.45) is 0 Å². The highest BCUT2D eigenvalue weighted by Gasteiger charge is 2.05. The van der Waals surface area contributed by atoms with Crippen molar-refractivity contribution in [3.05, 3.63) is 53.5 Å². The average molecular weight is 191 g/mol. The van der Waals surface area contributed by atoms with E-state index < -0.39 is 0 Å². The van der Waals surface area contributed by atoms with Gasteiger partial charge in [0, 0.05) is 18.3 Å². The van der Waals surface area contributed by atoms with E-state index in [2.05, 4.69) is 13.2 Å². The number of pyridine rings is 1. The van der Waals surface area contributed by atoms with Crippen molar-refractivity contribution >= 4 is 0 Å². The van der Waals surface area contributed by atoms with E-state index in [-0.39, 0.29) is 11.3 Å². The second-order valence-corrected chi connectivity index (χ2v) is 2.93. The van der Waals surface area contributed by atoms with Crippen LogP contribution in [-0.2, 0) is 13.0 Å². The molecular formula is C11H13NO2. The lowest BCUT2D eigenvalue weighted by molar-refractivity contribution is 0.453. The van der Waals surface area contributed by atoms with E-state index in [1.54, 1.807) is 24.4 Å². The summed E-state index contributed by atoms with van der Waals surface area (Å²) in [6, 6.07) is 1.71. The molecule has 3 heteroatoms. The first-order valence-electron chi connectivity index (χ1n) is 4.33. The predicted molar refractivity (Wildman–Crippen MR) is 56.5 cm³/mol. The van der Waals surface area contributed by atoms with Crippen molar-refractivity contribution in [3.8, 4) is 5.75 Å². The van der Waals surface area contributed by atoms with Gasteiger partial charge in [0.15, 0.2) is 5.75 Å². The summed E-state index contributed by atoms with van der Waals surface area (Å²) in [5, 5.41) is 9.52. The van der Waals surface area contributed by atoms with Gasteiger partial charge >= 0.3 is 0 Å². The fourth-order valence-electron chi connectivity index (χ4n) is 1.20. The molecule has 14 heavy (non-hydrogen) atoms. The van der Waals surface area contributed by atoms with Gasteiger partial charge in [0.05, 0.1) is 0 Å². The standard InChI is InChI=1S/C11H13NO2/c1-3-5-9-6-8-12(7-4-2)11(14)10(9)13/h3-4,6,8,13H,1-2,5,7H2. The number of allylic oxidation sites excluding steroid dienone is 2. The quantitative estimate of drug-likeness (QED) is 0.732. The van der Waals surface area contributed by atoms with Gasteiger partial charge in [-0.2, -0.15) is 0 Å². The first-order chi connectivity index (χ1) is 6.70. The third kappa shape index (κ3) is 1.93. The van der Waals surface area contributed by atoms with Crippen LogP contribution in [0.25, 0.3) is 0 Å². The molecule has 0 amide bonds. The Hall–Kier alpha value is -1.77. The summed E-state index contributed by atoms with van der Waals surface area (Å²) in [5.41, 5.74) is 0.217. The Morgan fingerprint density at radius 3 is 2.71 bits per heavy atom. The van der Waals surface area contributed by atoms with Gasteiger partial charge in [0.25, 0.3) is 5.56 Å². The topological polar surface area (TPSA) is 42.2 Å². The Balaban J connectivity index is 3.18. The van der Waals surface area contributed by atoms with Gasteiger partial charge in [0.1, 0.15) is 0 Å². The van der Waals surface area contributed by atoms with E-state index in [9.17, 15) is 9.90 Å². The molecule has 0 saturated carbocycles. The number of aromatic hydroxyl groups is 1. The van der Waals surface area contributed by atoms with E-state index in [0.29, 0.717) is 18.5 Å². The highest BCUT2D eigenvalue weighted by atomic mass is 16.3. The summed E-state index contributed by atoms with van der Waals surface area (Å²) in [6.07, 6.45) is 5.39. The second kappa shape index (κ2) is 4.46. The van der Waals surface area contributed by atoms with E-state index >= 15 is 0 Å². The lowest BCUT2D eigenvalue weighted by atomic mass is 10.2. The number of hydrogen-bond donors (Lipinski definition) is 1. The van der Waals surface area contributed by atoms with Crippen molar-refractivity contribution in [1.82, 2.24) is 4.57 Å². The van der Waals surface area contributed by atoms with Crippen LogP contribution >= 0.6 is 0 Å². The molecule has 3 nitrogen and oxygen atoms in total. The molecule has 0 aromatic carbocycles. The lowest BCUT2D eigenvalue weighted by Gasteiger charge is -2.05. The molecule has 1 aromatic rings. The number of hydrogen-bond acceptors (Lipinski definition) is 2. The summed E-state index contributed by atoms with van der Waals surface area (Å²) < 4.78 is 1.40. The van der Waals surface area contributed by atoms with Gasteiger partial charge in [-0.15, -0.1) is 13.2 Å². The monoisotopic (exact) mass is 191 g/mol. The molecule has 0 radical (unpaired) electrons. The van der Waals surface area contributed by atoms with Crippen molar-refractivity contribution < 1.29 is 5.11 Å². The van der Waals surface area contributed by atoms with Gasteiger partial charge in [-0.1, -0.05) is 12.2 Å². The van der Waals surface area contributed by atoms with E-state index in [1.165, 1.54) is 4.57 Å². The van der Waals surface area contributed by atoms with Crippen LogP contribution in [0.4, 0.5) is 0 Å². The molecule has 0 atom stereocenters. The van der Waals surface area contributed by atoms with Gasteiger partial charge in [0.2, 0.25) is 0 Å². The molecule has 0 unspecified atom stereocenters. The molecule has 1 heterocycles. The Kier molecular flexibility index (Phi) is 3.29. The number of rotatable bonds is 4. The molecule has 74 valence electrons. The van der Waals surface area contributed by atoms with Crippen LogP contribution in [0.5, 0.6) is 5.75 Å². The first kappa shape index (κ1) is 10.3. The normalized spacial score (nSPS) is 9.71. The number of nitrogens with zero attached hydrogens (tertiary/aromatic N) is 1. The largest absolute Gasteiger partial charge is 0.503 e. The van der Waals surface area contributed by atoms with Crippen molar-refractivity contribution in [1.29, 1.82) is 0 Å². The molecule has 0 bridgehead atoms. The molecule has 0 spiro atoms. The number of aromatic nitrogens is 1. The van der Waals surface area contributed by atoms with Crippen LogP contribution in [0, 0.1) is 0 Å². The molecule has 0 aliphatic rings. The smallest absolute Gasteiger partial charge is 0.293 e. The third-order valence-electron chi connectivity index (χ3n) is 1.91. The highest BCUT2D eigenvalue weighted by Crippen LogP contribution is 2.11.